The van der Waals surface area contributed by atoms with E-state index in [1.54, 1.807) is 22.3 Å². The number of nitrogens with zero attached hydrogens (tertiary/aromatic N) is 1. The summed E-state index contributed by atoms with van der Waals surface area (Å²) in [6.07, 6.45) is 10.3. The molecule has 0 saturated carbocycles. The predicted octanol–water partition coefficient (Wildman–Crippen LogP) is 7.74. The van der Waals surface area contributed by atoms with Gasteiger partial charge in [0, 0.05) is 0 Å². The molecule has 2 aliphatic carbocycles. The second-order valence-electron chi connectivity index (χ2n) is 10.5. The van der Waals surface area contributed by atoms with Gasteiger partial charge in [0.15, 0.2) is 0 Å². The van der Waals surface area contributed by atoms with E-state index >= 15 is 0 Å². The van der Waals surface area contributed by atoms with E-state index in [0.717, 1.165) is 3.93 Å². The van der Waals surface area contributed by atoms with Crippen LogP contribution in [-0.4, -0.2) is 43.4 Å². The van der Waals surface area contributed by atoms with Crippen LogP contribution in [0.4, 0.5) is 0 Å². The molecule has 0 aromatic heterocycles. The normalized spacial score (nSPS) is 24.3. The standard InChI is InChI=1S/C24H24N.3C2H5.Sn/c1-25-16-14-24(15-17-25,22-12-10-18-6-2-4-8-20(18)22)23-13-11-19-7-3-5-9-21(19)23;3*1-2;/h2-13,22H,14-17H2,1H3;3*1H2,2H3;. The van der Waals surface area contributed by atoms with Gasteiger partial charge in [0.1, 0.15) is 0 Å². The fourth-order valence-corrected chi connectivity index (χ4v) is 19.3. The van der Waals surface area contributed by atoms with Crippen LogP contribution in [0.1, 0.15) is 65.7 Å². The van der Waals surface area contributed by atoms with Crippen LogP contribution in [0.3, 0.4) is 0 Å². The van der Waals surface area contributed by atoms with Crippen molar-refractivity contribution < 1.29 is 0 Å². The number of benzene rings is 2. The first-order valence-electron chi connectivity index (χ1n) is 12.9. The van der Waals surface area contributed by atoms with E-state index < -0.39 is 18.4 Å². The van der Waals surface area contributed by atoms with E-state index in [0.29, 0.717) is 5.92 Å². The molecule has 1 aliphatic heterocycles. The molecule has 1 nitrogen and oxygen atoms in total. The van der Waals surface area contributed by atoms with Crippen LogP contribution >= 0.6 is 0 Å². The number of likely N-dealkylation sites (tertiary alicyclic amines) is 1. The summed E-state index contributed by atoms with van der Waals surface area (Å²) in [7, 11) is 2.30. The molecule has 5 rings (SSSR count). The van der Waals surface area contributed by atoms with E-state index in [2.05, 4.69) is 99.5 Å². The molecule has 168 valence electrons. The molecule has 2 atom stereocenters. The molecular formula is C30H39NSn. The van der Waals surface area contributed by atoms with Gasteiger partial charge >= 0.3 is 200 Å². The van der Waals surface area contributed by atoms with Gasteiger partial charge in [0.25, 0.3) is 0 Å². The van der Waals surface area contributed by atoms with Crippen LogP contribution in [0.25, 0.3) is 11.6 Å². The number of hydrogen-bond donors (Lipinski definition) is 0. The van der Waals surface area contributed by atoms with Crippen molar-refractivity contribution in [1.82, 2.24) is 4.90 Å². The average molecular weight is 532 g/mol. The Hall–Kier alpha value is -1.32. The molecule has 3 aliphatic rings. The summed E-state index contributed by atoms with van der Waals surface area (Å²) in [4.78, 5) is 2.54. The second-order valence-corrected chi connectivity index (χ2v) is 26.1. The first-order chi connectivity index (χ1) is 15.6. The molecule has 0 bridgehead atoms. The minimum atomic E-state index is -2.30. The molecular weight excluding hydrogens is 493 g/mol. The van der Waals surface area contributed by atoms with Gasteiger partial charge in [-0.15, -0.1) is 0 Å². The Labute approximate surface area is 199 Å². The maximum absolute atomic E-state index is 2.84. The zero-order chi connectivity index (χ0) is 22.3. The third-order valence-electron chi connectivity index (χ3n) is 9.50. The van der Waals surface area contributed by atoms with Crippen LogP contribution in [0.2, 0.25) is 13.3 Å². The number of rotatable bonds is 6. The van der Waals surface area contributed by atoms with Gasteiger partial charge in [-0.1, -0.05) is 0 Å². The summed E-state index contributed by atoms with van der Waals surface area (Å²) >= 11 is -2.30. The Morgan fingerprint density at radius 3 is 2.19 bits per heavy atom. The number of fused-ring (bicyclic) bond motifs is 2. The maximum atomic E-state index is 2.84. The van der Waals surface area contributed by atoms with Gasteiger partial charge < -0.3 is 0 Å². The number of allylic oxidation sites excluding steroid dienone is 3. The fourth-order valence-electron chi connectivity index (χ4n) is 7.21. The topological polar surface area (TPSA) is 3.24 Å². The summed E-state index contributed by atoms with van der Waals surface area (Å²) in [6.45, 7) is 9.89. The monoisotopic (exact) mass is 533 g/mol. The number of hydrogen-bond acceptors (Lipinski definition) is 1. The minimum absolute atomic E-state index is 0.216. The van der Waals surface area contributed by atoms with Crippen molar-refractivity contribution in [3.8, 4) is 0 Å². The SMILES string of the molecule is C[CH2][Sn]([CH2]C)([CH2]C)[C@H]1C=C(C2(C3C=Cc4ccccc43)CCN(C)CC2)c2ccccc21. The molecule has 2 aromatic rings. The van der Waals surface area contributed by atoms with E-state index in [1.165, 1.54) is 44.8 Å². The second kappa shape index (κ2) is 8.80. The zero-order valence-electron chi connectivity index (χ0n) is 20.4. The van der Waals surface area contributed by atoms with Crippen LogP contribution in [-0.2, 0) is 0 Å². The molecule has 1 fully saturated rings. The molecule has 0 amide bonds. The quantitative estimate of drug-likeness (QED) is 0.344. The van der Waals surface area contributed by atoms with Gasteiger partial charge in [0.2, 0.25) is 0 Å². The van der Waals surface area contributed by atoms with E-state index in [-0.39, 0.29) is 5.41 Å². The summed E-state index contributed by atoms with van der Waals surface area (Å²) in [6, 6.07) is 18.7. The van der Waals surface area contributed by atoms with E-state index in [1.807, 2.05) is 0 Å². The van der Waals surface area contributed by atoms with Gasteiger partial charge in [-0.05, 0) is 0 Å². The summed E-state index contributed by atoms with van der Waals surface area (Å²) in [5, 5.41) is 0. The van der Waals surface area contributed by atoms with Crippen LogP contribution < -0.4 is 0 Å². The van der Waals surface area contributed by atoms with Crippen molar-refractivity contribution in [2.45, 2.75) is 56.8 Å². The summed E-state index contributed by atoms with van der Waals surface area (Å²) < 4.78 is 5.10. The van der Waals surface area contributed by atoms with Crippen molar-refractivity contribution in [1.29, 1.82) is 0 Å². The van der Waals surface area contributed by atoms with Crippen LogP contribution in [0, 0.1) is 5.41 Å². The average Bonchev–Trinajstić information content (AvgIpc) is 3.45. The fraction of sp³-hybridized carbons (Fsp3) is 0.467. The Morgan fingerprint density at radius 2 is 1.50 bits per heavy atom. The Balaban J connectivity index is 1.69. The Kier molecular flexibility index (Phi) is 6.18. The molecule has 1 saturated heterocycles. The van der Waals surface area contributed by atoms with Gasteiger partial charge in [-0.2, -0.15) is 0 Å². The molecule has 32 heavy (non-hydrogen) atoms. The molecule has 1 unspecified atom stereocenters. The van der Waals surface area contributed by atoms with Crippen LogP contribution in [0.15, 0.2) is 60.7 Å². The van der Waals surface area contributed by atoms with Gasteiger partial charge in [0.05, 0.1) is 0 Å². The van der Waals surface area contributed by atoms with Crippen molar-refractivity contribution >= 4 is 30.0 Å². The summed E-state index contributed by atoms with van der Waals surface area (Å²) in [5.41, 5.74) is 8.18. The van der Waals surface area contributed by atoms with Crippen LogP contribution in [0.5, 0.6) is 0 Å². The van der Waals surface area contributed by atoms with Gasteiger partial charge in [-0.25, -0.2) is 0 Å². The summed E-state index contributed by atoms with van der Waals surface area (Å²) in [5.74, 6) is 0.500. The predicted molar refractivity (Wildman–Crippen MR) is 142 cm³/mol. The molecule has 2 aromatic carbocycles. The number of piperidine rings is 1. The van der Waals surface area contributed by atoms with Crippen molar-refractivity contribution in [3.63, 3.8) is 0 Å². The first-order valence-corrected chi connectivity index (χ1v) is 20.6. The Bertz CT molecular complexity index is 1030. The molecule has 0 N–H and O–H groups in total. The third-order valence-corrected chi connectivity index (χ3v) is 26.7. The van der Waals surface area contributed by atoms with E-state index in [4.69, 9.17) is 0 Å². The van der Waals surface area contributed by atoms with E-state index in [9.17, 15) is 0 Å². The molecule has 2 heteroatoms. The Morgan fingerprint density at radius 1 is 0.875 bits per heavy atom. The third kappa shape index (κ3) is 3.38. The molecule has 1 heterocycles. The molecule has 0 radical (unpaired) electrons. The van der Waals surface area contributed by atoms with Gasteiger partial charge in [-0.3, -0.25) is 0 Å². The first kappa shape index (κ1) is 22.5. The molecule has 0 spiro atoms. The zero-order valence-corrected chi connectivity index (χ0v) is 23.3. The van der Waals surface area contributed by atoms with Crippen molar-refractivity contribution in [2.24, 2.45) is 5.41 Å². The van der Waals surface area contributed by atoms with Crippen molar-refractivity contribution in [3.05, 3.63) is 82.9 Å². The van der Waals surface area contributed by atoms with Crippen molar-refractivity contribution in [2.75, 3.05) is 20.1 Å².